The van der Waals surface area contributed by atoms with E-state index in [-0.39, 0.29) is 43.4 Å². The van der Waals surface area contributed by atoms with Crippen molar-refractivity contribution >= 4 is 35.3 Å². The van der Waals surface area contributed by atoms with E-state index in [4.69, 9.17) is 25.8 Å². The molecule has 46 heavy (non-hydrogen) atoms. The van der Waals surface area contributed by atoms with Crippen LogP contribution in [0.5, 0.6) is 5.75 Å². The first-order valence-corrected chi connectivity index (χ1v) is 16.1. The minimum Gasteiger partial charge on any atom is -0.495 e. The first-order valence-electron chi connectivity index (χ1n) is 15.7. The predicted molar refractivity (Wildman–Crippen MR) is 174 cm³/mol. The van der Waals surface area contributed by atoms with Gasteiger partial charge in [0.05, 0.1) is 24.2 Å². The summed E-state index contributed by atoms with van der Waals surface area (Å²) in [5, 5.41) is 8.77. The molecular formula is C35H44ClN3O7. The Morgan fingerprint density at radius 3 is 2.39 bits per heavy atom. The van der Waals surface area contributed by atoms with Gasteiger partial charge < -0.3 is 30.2 Å². The summed E-state index contributed by atoms with van der Waals surface area (Å²) in [6, 6.07) is 13.1. The van der Waals surface area contributed by atoms with Crippen molar-refractivity contribution in [3.05, 3.63) is 76.8 Å². The van der Waals surface area contributed by atoms with Gasteiger partial charge in [-0.15, -0.1) is 0 Å². The fourth-order valence-electron chi connectivity index (χ4n) is 5.53. The number of rotatable bonds is 8. The summed E-state index contributed by atoms with van der Waals surface area (Å²) in [5.41, 5.74) is 1.75. The topological polar surface area (TPSA) is 135 Å². The van der Waals surface area contributed by atoms with Crippen LogP contribution in [0.25, 0.3) is 0 Å². The average Bonchev–Trinajstić information content (AvgIpc) is 3.83. The first-order chi connectivity index (χ1) is 22.0. The highest BCUT2D eigenvalue weighted by Crippen LogP contribution is 2.45. The summed E-state index contributed by atoms with van der Waals surface area (Å²) in [7, 11) is 1.51. The molecule has 248 valence electrons. The van der Waals surface area contributed by atoms with Crippen molar-refractivity contribution in [1.29, 1.82) is 0 Å². The van der Waals surface area contributed by atoms with Gasteiger partial charge in [-0.1, -0.05) is 81.8 Å². The molecule has 3 amide bonds. The SMILES string of the molecule is COc1ccc(C[C@H]2NC(=O)/C=C/C[C@@H]([C@H](C)[C@H]3O[C@@H]3c3ccccc3)OC(=O)[C@H](CC(C)C)NC(=O)[C@H](C)CNC2=O)cc1Cl. The third-order valence-corrected chi connectivity index (χ3v) is 8.59. The second-order valence-corrected chi connectivity index (χ2v) is 12.9. The highest BCUT2D eigenvalue weighted by molar-refractivity contribution is 6.32. The highest BCUT2D eigenvalue weighted by Gasteiger charge is 2.47. The molecule has 2 aromatic carbocycles. The normalized spacial score (nSPS) is 27.5. The molecule has 2 heterocycles. The first kappa shape index (κ1) is 35.0. The molecule has 0 spiro atoms. The third-order valence-electron chi connectivity index (χ3n) is 8.29. The Kier molecular flexibility index (Phi) is 12.2. The van der Waals surface area contributed by atoms with Crippen molar-refractivity contribution in [2.75, 3.05) is 13.7 Å². The van der Waals surface area contributed by atoms with Crippen molar-refractivity contribution < 1.29 is 33.4 Å². The number of esters is 1. The molecule has 2 aliphatic rings. The van der Waals surface area contributed by atoms with E-state index < -0.39 is 47.8 Å². The van der Waals surface area contributed by atoms with Crippen LogP contribution >= 0.6 is 11.6 Å². The van der Waals surface area contributed by atoms with E-state index in [1.807, 2.05) is 51.1 Å². The lowest BCUT2D eigenvalue weighted by molar-refractivity contribution is -0.156. The Morgan fingerprint density at radius 2 is 1.72 bits per heavy atom. The van der Waals surface area contributed by atoms with E-state index >= 15 is 0 Å². The largest absolute Gasteiger partial charge is 0.495 e. The number of carbonyl (C=O) groups excluding carboxylic acids is 4. The predicted octanol–water partition coefficient (Wildman–Crippen LogP) is 4.31. The quantitative estimate of drug-likeness (QED) is 0.286. The van der Waals surface area contributed by atoms with Crippen LogP contribution in [-0.2, 0) is 35.1 Å². The lowest BCUT2D eigenvalue weighted by Crippen LogP contribution is -2.51. The Morgan fingerprint density at radius 1 is 0.978 bits per heavy atom. The zero-order valence-corrected chi connectivity index (χ0v) is 27.7. The number of halogens is 1. The molecule has 2 aliphatic heterocycles. The molecule has 7 atom stereocenters. The number of nitrogens with one attached hydrogen (secondary N) is 3. The summed E-state index contributed by atoms with van der Waals surface area (Å²) >= 11 is 6.31. The van der Waals surface area contributed by atoms with Crippen molar-refractivity contribution in [2.45, 2.75) is 77.4 Å². The molecule has 2 aromatic rings. The van der Waals surface area contributed by atoms with Crippen molar-refractivity contribution in [2.24, 2.45) is 17.8 Å². The number of epoxide rings is 1. The zero-order chi connectivity index (χ0) is 33.4. The van der Waals surface area contributed by atoms with Gasteiger partial charge in [-0.3, -0.25) is 14.4 Å². The molecule has 1 saturated heterocycles. The molecule has 0 radical (unpaired) electrons. The van der Waals surface area contributed by atoms with Gasteiger partial charge in [-0.2, -0.15) is 0 Å². The molecule has 3 N–H and O–H groups in total. The van der Waals surface area contributed by atoms with Crippen LogP contribution in [0.1, 0.15) is 57.8 Å². The van der Waals surface area contributed by atoms with Crippen molar-refractivity contribution in [3.8, 4) is 5.75 Å². The van der Waals surface area contributed by atoms with Crippen LogP contribution in [0.2, 0.25) is 5.02 Å². The van der Waals surface area contributed by atoms with E-state index in [0.29, 0.717) is 22.8 Å². The van der Waals surface area contributed by atoms with Crippen LogP contribution < -0.4 is 20.7 Å². The van der Waals surface area contributed by atoms with E-state index in [0.717, 1.165) is 5.56 Å². The fraction of sp³-hybridized carbons (Fsp3) is 0.486. The number of carbonyl (C=O) groups is 4. The molecule has 0 unspecified atom stereocenters. The number of hydrogen-bond acceptors (Lipinski definition) is 7. The zero-order valence-electron chi connectivity index (χ0n) is 27.0. The van der Waals surface area contributed by atoms with E-state index in [9.17, 15) is 19.2 Å². The summed E-state index contributed by atoms with van der Waals surface area (Å²) < 4.78 is 17.3. The Hall–Kier alpha value is -3.89. The maximum absolute atomic E-state index is 13.5. The van der Waals surface area contributed by atoms with Crippen LogP contribution in [0.4, 0.5) is 0 Å². The lowest BCUT2D eigenvalue weighted by atomic mass is 9.93. The van der Waals surface area contributed by atoms with Gasteiger partial charge in [-0.25, -0.2) is 4.79 Å². The molecule has 0 aromatic heterocycles. The van der Waals surface area contributed by atoms with Gasteiger partial charge in [-0.05, 0) is 41.7 Å². The van der Waals surface area contributed by atoms with Gasteiger partial charge in [0.25, 0.3) is 0 Å². The Bertz CT molecular complexity index is 1420. The number of ether oxygens (including phenoxy) is 3. The summed E-state index contributed by atoms with van der Waals surface area (Å²) in [4.78, 5) is 53.1. The van der Waals surface area contributed by atoms with Gasteiger partial charge in [0, 0.05) is 25.3 Å². The number of methoxy groups -OCH3 is 1. The fourth-order valence-corrected chi connectivity index (χ4v) is 5.81. The third kappa shape index (κ3) is 9.56. The Balaban J connectivity index is 1.58. The van der Waals surface area contributed by atoms with Crippen molar-refractivity contribution in [1.82, 2.24) is 16.0 Å². The minimum absolute atomic E-state index is 0.000750. The Labute approximate surface area is 275 Å². The number of amides is 3. The maximum Gasteiger partial charge on any atom is 0.328 e. The molecule has 1 fully saturated rings. The average molecular weight is 654 g/mol. The van der Waals surface area contributed by atoms with Gasteiger partial charge in [0.1, 0.15) is 30.0 Å². The standard InChI is InChI=1S/C35H44ClN3O7/c1-20(2)16-27-35(43)45-28(22(4)31-32(46-31)24-10-7-6-8-11-24)12-9-13-30(40)38-26(34(42)37-19-21(3)33(41)39-27)18-23-14-15-29(44-5)25(36)17-23/h6-11,13-15,17,20-22,26-28,31-32H,12,16,18-19H2,1-5H3,(H,37,42)(H,38,40)(H,39,41)/b13-9+/t21-,22+,26-,27+,28+,31-,32-/m1/s1. The summed E-state index contributed by atoms with van der Waals surface area (Å²) in [6.07, 6.45) is 2.80. The highest BCUT2D eigenvalue weighted by atomic mass is 35.5. The van der Waals surface area contributed by atoms with Gasteiger partial charge in [0.15, 0.2) is 0 Å². The van der Waals surface area contributed by atoms with Crippen LogP contribution in [0, 0.1) is 17.8 Å². The van der Waals surface area contributed by atoms with E-state index in [1.165, 1.54) is 13.2 Å². The molecule has 0 aliphatic carbocycles. The monoisotopic (exact) mass is 653 g/mol. The van der Waals surface area contributed by atoms with Gasteiger partial charge >= 0.3 is 5.97 Å². The number of hydrogen-bond donors (Lipinski definition) is 3. The molecule has 11 heteroatoms. The van der Waals surface area contributed by atoms with Crippen molar-refractivity contribution in [3.63, 3.8) is 0 Å². The smallest absolute Gasteiger partial charge is 0.328 e. The maximum atomic E-state index is 13.5. The minimum atomic E-state index is -0.947. The molecule has 0 saturated carbocycles. The molecule has 10 nitrogen and oxygen atoms in total. The van der Waals surface area contributed by atoms with Crippen LogP contribution in [0.15, 0.2) is 60.7 Å². The van der Waals surface area contributed by atoms with Gasteiger partial charge in [0.2, 0.25) is 17.7 Å². The second-order valence-electron chi connectivity index (χ2n) is 12.5. The molecule has 0 bridgehead atoms. The second kappa shape index (κ2) is 16.1. The number of benzene rings is 2. The number of cyclic esters (lactones) is 1. The molecule has 4 rings (SSSR count). The van der Waals surface area contributed by atoms with E-state index in [2.05, 4.69) is 16.0 Å². The van der Waals surface area contributed by atoms with Crippen LogP contribution in [0.3, 0.4) is 0 Å². The molecular weight excluding hydrogens is 610 g/mol. The summed E-state index contributed by atoms with van der Waals surface area (Å²) in [5.74, 6) is -2.17. The van der Waals surface area contributed by atoms with E-state index in [1.54, 1.807) is 31.2 Å². The van der Waals surface area contributed by atoms with Crippen LogP contribution in [-0.4, -0.2) is 61.6 Å². The summed E-state index contributed by atoms with van der Waals surface area (Å²) in [6.45, 7) is 7.54. The lowest BCUT2D eigenvalue weighted by Gasteiger charge is -2.27.